The fourth-order valence-corrected chi connectivity index (χ4v) is 8.98. The minimum Gasteiger partial charge on any atom is -0.550 e. The molecule has 0 radical (unpaired) electrons. The van der Waals surface area contributed by atoms with Crippen LogP contribution in [0.15, 0.2) is 95.3 Å². The van der Waals surface area contributed by atoms with Crippen LogP contribution in [0.3, 0.4) is 0 Å². The largest absolute Gasteiger partial charge is 0.550 e. The Morgan fingerprint density at radius 2 is 1.16 bits per heavy atom. The Bertz CT molecular complexity index is 2490. The standard InChI is InChI=1S/C50H77N10O4.3C2H4O2/c1-17-35-30(2)38-29-43-46(34(6)51-20-23-58(7,8)9)32(4)40(55-43)27-39-31(3)36(18-19-44(61)52-21-24-59(10,11)12)48(56-39)37(26-45(62)64-16)49-47(50(63)53-22-25-60(13,14)15)33(5)41(57-49)28-42(35)54-38;3*1-2(3)4/h27-31,35-36H,17-26H2,1-16H3,(H2-2,51,52,53,54,55,56,57,61,63);3*1H3,(H,3,4)/q+1;;;/p-1/t30-,31+,35-,36+;;;/m1.../s1. The van der Waals surface area contributed by atoms with E-state index in [2.05, 4.69) is 138 Å². The van der Waals surface area contributed by atoms with Crippen LogP contribution in [0.4, 0.5) is 0 Å². The lowest BCUT2D eigenvalue weighted by Crippen LogP contribution is -2.42. The minimum absolute atomic E-state index is 0.0410. The Hall–Kier alpha value is -6.51. The Labute approximate surface area is 451 Å². The van der Waals surface area contributed by atoms with Gasteiger partial charge < -0.3 is 69.2 Å². The summed E-state index contributed by atoms with van der Waals surface area (Å²) in [5.41, 5.74) is 11.1. The number of carboxylic acids is 3. The number of hydrogen-bond donors (Lipinski definition) is 4. The maximum Gasteiger partial charge on any atom is 0.310 e. The summed E-state index contributed by atoms with van der Waals surface area (Å²) in [6, 6.07) is 0. The van der Waals surface area contributed by atoms with Gasteiger partial charge in [-0.05, 0) is 83.8 Å². The smallest absolute Gasteiger partial charge is 0.310 e. The SMILES string of the molecule is CC(=O)[O-].CC(=O)[O-].CC(=O)[O-].CC[C@H]1C2=CC3=NC(=C(CC(=O)OC)C4=NC(=CC5=C(C)/C(=C(/C)NCC[N+](C)(C)C)C(=N5)C=C(N2)[C@@H]1C)[C@@H](C)[C@@H]4CCC(=O)NCC[N+](C)(C)C)C(C(=O)NCC[N+](C)(C)C)=C3C. The summed E-state index contributed by atoms with van der Waals surface area (Å²) in [5.74, 6) is -4.13. The van der Waals surface area contributed by atoms with E-state index >= 15 is 0 Å². The molecule has 1 fully saturated rings. The number of aliphatic carboxylic acids is 3. The van der Waals surface area contributed by atoms with E-state index in [1.165, 1.54) is 7.11 Å². The van der Waals surface area contributed by atoms with Crippen LogP contribution in [-0.4, -0.2) is 176 Å². The van der Waals surface area contributed by atoms with Gasteiger partial charge in [-0.1, -0.05) is 20.8 Å². The third-order valence-electron chi connectivity index (χ3n) is 13.0. The van der Waals surface area contributed by atoms with Gasteiger partial charge in [-0.15, -0.1) is 0 Å². The molecular formula is C56H88N10O10. The van der Waals surface area contributed by atoms with Gasteiger partial charge in [0, 0.05) is 81.9 Å². The molecule has 4 atom stereocenters. The molecule has 0 aromatic carbocycles. The molecule has 0 saturated carbocycles. The second kappa shape index (κ2) is 28.6. The molecule has 422 valence electrons. The molecule has 20 nitrogen and oxygen atoms in total. The third kappa shape index (κ3) is 20.9. The monoisotopic (exact) mass is 1060 g/mol. The molecule has 76 heavy (non-hydrogen) atoms. The molecule has 0 aromatic heterocycles. The molecule has 4 N–H and O–H groups in total. The van der Waals surface area contributed by atoms with Crippen LogP contribution in [0, 0.1) is 23.7 Å². The van der Waals surface area contributed by atoms with Crippen molar-refractivity contribution in [3.8, 4) is 0 Å². The number of fused-ring (bicyclic) bond motifs is 5. The van der Waals surface area contributed by atoms with Gasteiger partial charge in [-0.2, -0.15) is 0 Å². The highest BCUT2D eigenvalue weighted by molar-refractivity contribution is 6.21. The number of hydrogen-bond acceptors (Lipinski definition) is 15. The molecule has 5 aliphatic rings. The molecule has 0 unspecified atom stereocenters. The second-order valence-electron chi connectivity index (χ2n) is 22.8. The zero-order valence-electron chi connectivity index (χ0n) is 48.9. The van der Waals surface area contributed by atoms with Gasteiger partial charge >= 0.3 is 5.97 Å². The molecule has 1 saturated heterocycles. The van der Waals surface area contributed by atoms with E-state index in [4.69, 9.17) is 49.4 Å². The molecule has 0 aromatic rings. The number of methoxy groups -OCH3 is 1. The third-order valence-corrected chi connectivity index (χ3v) is 13.0. The van der Waals surface area contributed by atoms with Gasteiger partial charge in [0.05, 0.1) is 150 Å². The Morgan fingerprint density at radius 3 is 1.66 bits per heavy atom. The van der Waals surface area contributed by atoms with E-state index in [1.807, 2.05) is 6.92 Å². The molecule has 8 bridgehead atoms. The molecule has 2 amide bonds. The van der Waals surface area contributed by atoms with Crippen molar-refractivity contribution >= 4 is 52.8 Å². The van der Waals surface area contributed by atoms with E-state index < -0.39 is 23.9 Å². The topological polar surface area (TPSA) is 266 Å². The van der Waals surface area contributed by atoms with Gasteiger partial charge in [0.15, 0.2) is 0 Å². The molecular weight excluding hydrogens is 973 g/mol. The number of rotatable bonds is 17. The number of allylic oxidation sites excluding steroid dienone is 10. The molecule has 5 aliphatic heterocycles. The number of aliphatic imine (C=N–C) groups is 3. The predicted molar refractivity (Wildman–Crippen MR) is 291 cm³/mol. The lowest BCUT2D eigenvalue weighted by molar-refractivity contribution is -0.869. The van der Waals surface area contributed by atoms with Crippen molar-refractivity contribution in [2.24, 2.45) is 38.6 Å². The van der Waals surface area contributed by atoms with E-state index in [1.54, 1.807) is 0 Å². The first-order valence-corrected chi connectivity index (χ1v) is 25.9. The number of ether oxygens (including phenoxy) is 1. The highest BCUT2D eigenvalue weighted by Crippen LogP contribution is 2.43. The highest BCUT2D eigenvalue weighted by Gasteiger charge is 2.40. The molecule has 20 heteroatoms. The maximum absolute atomic E-state index is 14.5. The first-order valence-electron chi connectivity index (χ1n) is 25.9. The van der Waals surface area contributed by atoms with E-state index in [0.717, 1.165) is 113 Å². The van der Waals surface area contributed by atoms with Crippen molar-refractivity contribution in [2.45, 2.75) is 88.0 Å². The van der Waals surface area contributed by atoms with Crippen LogP contribution in [0.2, 0.25) is 0 Å². The van der Waals surface area contributed by atoms with Gasteiger partial charge in [0.1, 0.15) is 0 Å². The fourth-order valence-electron chi connectivity index (χ4n) is 8.98. The van der Waals surface area contributed by atoms with E-state index in [-0.39, 0.29) is 48.3 Å². The quantitative estimate of drug-likeness (QED) is 0.118. The van der Waals surface area contributed by atoms with Crippen molar-refractivity contribution < 1.29 is 62.3 Å². The lowest BCUT2D eigenvalue weighted by Gasteiger charge is -2.24. The van der Waals surface area contributed by atoms with Crippen LogP contribution < -0.4 is 36.6 Å². The minimum atomic E-state index is -1.08. The van der Waals surface area contributed by atoms with E-state index in [9.17, 15) is 14.4 Å². The Morgan fingerprint density at radius 1 is 0.658 bits per heavy atom. The summed E-state index contributed by atoms with van der Waals surface area (Å²) in [5, 5.41) is 40.5. The number of carbonyl (C=O) groups is 6. The number of carboxylic acid groups (broad SMARTS) is 3. The van der Waals surface area contributed by atoms with E-state index in [0.29, 0.717) is 52.3 Å². The summed E-state index contributed by atoms with van der Waals surface area (Å²) in [6.07, 6.45) is 7.83. The summed E-state index contributed by atoms with van der Waals surface area (Å²) >= 11 is 0. The Balaban J connectivity index is 0.00000149. The molecule has 5 heterocycles. The predicted octanol–water partition coefficient (Wildman–Crippen LogP) is 1.20. The first kappa shape index (κ1) is 65.6. The summed E-state index contributed by atoms with van der Waals surface area (Å²) < 4.78 is 7.60. The molecule has 0 spiro atoms. The number of quaternary nitrogens is 3. The van der Waals surface area contributed by atoms with Crippen LogP contribution in [0.25, 0.3) is 0 Å². The number of likely N-dealkylation sites (N-methyl/N-ethyl adjacent to an activating group) is 3. The second-order valence-corrected chi connectivity index (χ2v) is 22.8. The van der Waals surface area contributed by atoms with Crippen molar-refractivity contribution in [1.82, 2.24) is 21.3 Å². The van der Waals surface area contributed by atoms with Gasteiger partial charge in [0.25, 0.3) is 5.91 Å². The summed E-state index contributed by atoms with van der Waals surface area (Å²) in [6.45, 7) is 20.0. The summed E-state index contributed by atoms with van der Waals surface area (Å²) in [7, 11) is 20.5. The highest BCUT2D eigenvalue weighted by atomic mass is 16.5. The average molecular weight is 1060 g/mol. The van der Waals surface area contributed by atoms with Crippen LogP contribution >= 0.6 is 0 Å². The number of amides is 2. The first-order chi connectivity index (χ1) is 35.0. The van der Waals surface area contributed by atoms with Crippen LogP contribution in [0.1, 0.15) is 88.0 Å². The molecule has 5 rings (SSSR count). The zero-order chi connectivity index (χ0) is 58.2. The van der Waals surface area contributed by atoms with Crippen molar-refractivity contribution in [2.75, 3.05) is 110 Å². The number of esters is 1. The normalized spacial score (nSPS) is 20.6. The number of carbonyl (C=O) groups excluding carboxylic acids is 6. The van der Waals surface area contributed by atoms with Crippen molar-refractivity contribution in [1.29, 1.82) is 0 Å². The Kier molecular flexibility index (Phi) is 24.7. The lowest BCUT2D eigenvalue weighted by atomic mass is 9.82. The zero-order valence-corrected chi connectivity index (χ0v) is 48.9. The van der Waals surface area contributed by atoms with Crippen LogP contribution in [0.5, 0.6) is 0 Å². The van der Waals surface area contributed by atoms with Gasteiger partial charge in [0.2, 0.25) is 5.91 Å². The van der Waals surface area contributed by atoms with Gasteiger partial charge in [-0.25, -0.2) is 9.98 Å². The number of nitrogens with one attached hydrogen (secondary N) is 4. The maximum atomic E-state index is 14.5. The fraction of sp³-hybridized carbons (Fsp3) is 0.589. The van der Waals surface area contributed by atoms with Crippen molar-refractivity contribution in [3.63, 3.8) is 0 Å². The van der Waals surface area contributed by atoms with Crippen molar-refractivity contribution in [3.05, 3.63) is 80.3 Å². The van der Waals surface area contributed by atoms with Crippen LogP contribution in [-0.2, 0) is 33.5 Å². The van der Waals surface area contributed by atoms with Gasteiger partial charge in [-0.3, -0.25) is 19.4 Å². The molecule has 0 aliphatic carbocycles. The average Bonchev–Trinajstić information content (AvgIpc) is 3.95. The summed E-state index contributed by atoms with van der Waals surface area (Å²) in [4.78, 5) is 84.3. The number of nitrogens with zero attached hydrogens (tertiary/aromatic N) is 6.